The molecule has 1 heterocycles. The average Bonchev–Trinajstić information content (AvgIpc) is 2.38. The number of benzene rings is 1. The predicted octanol–water partition coefficient (Wildman–Crippen LogP) is 3.04. The van der Waals surface area contributed by atoms with E-state index in [0.29, 0.717) is 6.61 Å². The first-order valence-electron chi connectivity index (χ1n) is 6.79. The molecule has 1 atom stereocenters. The Kier molecular flexibility index (Phi) is 5.14. The van der Waals surface area contributed by atoms with E-state index in [1.807, 2.05) is 13.0 Å². The summed E-state index contributed by atoms with van der Waals surface area (Å²) in [5.74, 6) is 0.581. The molecule has 2 rings (SSSR count). The number of aryl methyl sites for hydroxylation is 1. The van der Waals surface area contributed by atoms with E-state index < -0.39 is 0 Å². The maximum Gasteiger partial charge on any atom is 0.123 e. The lowest BCUT2D eigenvalue weighted by molar-refractivity contribution is 0.103. The molecular formula is C15H22FNO. The van der Waals surface area contributed by atoms with Crippen LogP contribution in [-0.2, 0) is 11.3 Å². The molecule has 0 saturated carbocycles. The van der Waals surface area contributed by atoms with Crippen molar-refractivity contribution < 1.29 is 9.13 Å². The van der Waals surface area contributed by atoms with Crippen molar-refractivity contribution in [2.45, 2.75) is 32.8 Å². The van der Waals surface area contributed by atoms with Gasteiger partial charge in [0.15, 0.2) is 0 Å². The van der Waals surface area contributed by atoms with E-state index in [4.69, 9.17) is 4.74 Å². The molecule has 0 radical (unpaired) electrons. The molecule has 3 heteroatoms. The van der Waals surface area contributed by atoms with Crippen molar-refractivity contribution in [3.05, 3.63) is 35.1 Å². The van der Waals surface area contributed by atoms with E-state index in [2.05, 4.69) is 5.32 Å². The smallest absolute Gasteiger partial charge is 0.123 e. The Labute approximate surface area is 109 Å². The lowest BCUT2D eigenvalue weighted by Crippen LogP contribution is -2.30. The summed E-state index contributed by atoms with van der Waals surface area (Å²) in [5.41, 5.74) is 2.05. The summed E-state index contributed by atoms with van der Waals surface area (Å²) in [7, 11) is 0. The van der Waals surface area contributed by atoms with Crippen molar-refractivity contribution in [1.29, 1.82) is 0 Å². The topological polar surface area (TPSA) is 21.3 Å². The highest BCUT2D eigenvalue weighted by Gasteiger charge is 2.12. The Hall–Kier alpha value is -0.930. The van der Waals surface area contributed by atoms with Crippen LogP contribution in [0.3, 0.4) is 0 Å². The second-order valence-electron chi connectivity index (χ2n) is 5.12. The zero-order valence-electron chi connectivity index (χ0n) is 11.0. The summed E-state index contributed by atoms with van der Waals surface area (Å²) in [6.45, 7) is 5.59. The third-order valence-corrected chi connectivity index (χ3v) is 3.63. The number of halogens is 1. The highest BCUT2D eigenvalue weighted by atomic mass is 19.1. The van der Waals surface area contributed by atoms with E-state index in [-0.39, 0.29) is 5.82 Å². The van der Waals surface area contributed by atoms with Gasteiger partial charge in [-0.3, -0.25) is 0 Å². The summed E-state index contributed by atoms with van der Waals surface area (Å²) in [6.07, 6.45) is 3.71. The highest BCUT2D eigenvalue weighted by Crippen LogP contribution is 2.15. The molecule has 2 nitrogen and oxygen atoms in total. The monoisotopic (exact) mass is 251 g/mol. The minimum Gasteiger partial charge on any atom is -0.377 e. The fourth-order valence-corrected chi connectivity index (χ4v) is 2.42. The molecule has 0 aromatic heterocycles. The Balaban J connectivity index is 1.68. The van der Waals surface area contributed by atoms with Crippen LogP contribution in [0.5, 0.6) is 0 Å². The Morgan fingerprint density at radius 2 is 2.33 bits per heavy atom. The number of rotatable bonds is 5. The van der Waals surface area contributed by atoms with Crippen LogP contribution in [-0.4, -0.2) is 19.7 Å². The fraction of sp³-hybridized carbons (Fsp3) is 0.600. The third kappa shape index (κ3) is 4.07. The van der Waals surface area contributed by atoms with Gasteiger partial charge in [0.2, 0.25) is 0 Å². The summed E-state index contributed by atoms with van der Waals surface area (Å²) in [4.78, 5) is 0. The first-order chi connectivity index (χ1) is 8.75. The van der Waals surface area contributed by atoms with Crippen LogP contribution in [0.15, 0.2) is 18.2 Å². The van der Waals surface area contributed by atoms with Crippen LogP contribution in [0.1, 0.15) is 30.4 Å². The van der Waals surface area contributed by atoms with Crippen LogP contribution < -0.4 is 5.32 Å². The molecule has 1 aromatic rings. The Morgan fingerprint density at radius 3 is 3.06 bits per heavy atom. The van der Waals surface area contributed by atoms with Gasteiger partial charge in [0, 0.05) is 6.61 Å². The maximum atomic E-state index is 12.9. The standard InChI is InChI=1S/C15H22FNO/c1-12-9-15(16)5-4-14(12)11-18-8-6-13-3-2-7-17-10-13/h4-5,9,13,17H,2-3,6-8,10-11H2,1H3. The van der Waals surface area contributed by atoms with Crippen LogP contribution >= 0.6 is 0 Å². The fourth-order valence-electron chi connectivity index (χ4n) is 2.42. The molecule has 1 aliphatic rings. The van der Waals surface area contributed by atoms with Crippen LogP contribution in [0, 0.1) is 18.7 Å². The third-order valence-electron chi connectivity index (χ3n) is 3.63. The maximum absolute atomic E-state index is 12.9. The normalized spacial score (nSPS) is 20.0. The van der Waals surface area contributed by atoms with E-state index in [1.165, 1.54) is 18.9 Å². The minimum absolute atomic E-state index is 0.176. The summed E-state index contributed by atoms with van der Waals surface area (Å²) < 4.78 is 18.6. The van der Waals surface area contributed by atoms with E-state index in [0.717, 1.165) is 43.2 Å². The molecule has 1 aromatic carbocycles. The molecular weight excluding hydrogens is 229 g/mol. The zero-order chi connectivity index (χ0) is 12.8. The van der Waals surface area contributed by atoms with Gasteiger partial charge in [0.25, 0.3) is 0 Å². The largest absolute Gasteiger partial charge is 0.377 e. The molecule has 1 unspecified atom stereocenters. The quantitative estimate of drug-likeness (QED) is 0.812. The average molecular weight is 251 g/mol. The number of hydrogen-bond acceptors (Lipinski definition) is 2. The molecule has 1 aliphatic heterocycles. The van der Waals surface area contributed by atoms with Crippen molar-refractivity contribution >= 4 is 0 Å². The first-order valence-corrected chi connectivity index (χ1v) is 6.79. The number of hydrogen-bond donors (Lipinski definition) is 1. The second-order valence-corrected chi connectivity index (χ2v) is 5.12. The minimum atomic E-state index is -0.176. The van der Waals surface area contributed by atoms with Crippen LogP contribution in [0.2, 0.25) is 0 Å². The molecule has 0 aliphatic carbocycles. The van der Waals surface area contributed by atoms with Crippen molar-refractivity contribution in [3.8, 4) is 0 Å². The van der Waals surface area contributed by atoms with Gasteiger partial charge in [-0.05, 0) is 68.5 Å². The van der Waals surface area contributed by atoms with Gasteiger partial charge in [0.1, 0.15) is 5.82 Å². The molecule has 18 heavy (non-hydrogen) atoms. The SMILES string of the molecule is Cc1cc(F)ccc1COCCC1CCCNC1. The summed E-state index contributed by atoms with van der Waals surface area (Å²) in [6, 6.07) is 4.87. The molecule has 0 bridgehead atoms. The van der Waals surface area contributed by atoms with E-state index in [9.17, 15) is 4.39 Å². The molecule has 1 fully saturated rings. The molecule has 0 spiro atoms. The first kappa shape index (κ1) is 13.5. The molecule has 1 saturated heterocycles. The zero-order valence-corrected chi connectivity index (χ0v) is 11.0. The van der Waals surface area contributed by atoms with E-state index in [1.54, 1.807) is 6.07 Å². The van der Waals surface area contributed by atoms with Crippen molar-refractivity contribution in [3.63, 3.8) is 0 Å². The lowest BCUT2D eigenvalue weighted by atomic mass is 9.97. The van der Waals surface area contributed by atoms with Gasteiger partial charge in [0.05, 0.1) is 6.61 Å². The van der Waals surface area contributed by atoms with Gasteiger partial charge in [-0.25, -0.2) is 4.39 Å². The highest BCUT2D eigenvalue weighted by molar-refractivity contribution is 5.25. The molecule has 0 amide bonds. The van der Waals surface area contributed by atoms with Gasteiger partial charge in [-0.1, -0.05) is 6.07 Å². The van der Waals surface area contributed by atoms with Crippen LogP contribution in [0.25, 0.3) is 0 Å². The van der Waals surface area contributed by atoms with Gasteiger partial charge >= 0.3 is 0 Å². The van der Waals surface area contributed by atoms with Gasteiger partial charge < -0.3 is 10.1 Å². The Morgan fingerprint density at radius 1 is 1.44 bits per heavy atom. The van der Waals surface area contributed by atoms with Gasteiger partial charge in [-0.2, -0.15) is 0 Å². The van der Waals surface area contributed by atoms with Gasteiger partial charge in [-0.15, -0.1) is 0 Å². The molecule has 1 N–H and O–H groups in total. The summed E-state index contributed by atoms with van der Waals surface area (Å²) in [5, 5.41) is 3.41. The number of piperidine rings is 1. The number of ether oxygens (including phenoxy) is 1. The predicted molar refractivity (Wildman–Crippen MR) is 71.0 cm³/mol. The molecule has 100 valence electrons. The van der Waals surface area contributed by atoms with Crippen molar-refractivity contribution in [2.75, 3.05) is 19.7 Å². The van der Waals surface area contributed by atoms with Crippen LogP contribution in [0.4, 0.5) is 4.39 Å². The Bertz CT molecular complexity index is 375. The second kappa shape index (κ2) is 6.86. The van der Waals surface area contributed by atoms with E-state index >= 15 is 0 Å². The lowest BCUT2D eigenvalue weighted by Gasteiger charge is -2.22. The number of nitrogens with one attached hydrogen (secondary N) is 1. The van der Waals surface area contributed by atoms with Crippen molar-refractivity contribution in [1.82, 2.24) is 5.32 Å². The van der Waals surface area contributed by atoms with Crippen molar-refractivity contribution in [2.24, 2.45) is 5.92 Å². The summed E-state index contributed by atoms with van der Waals surface area (Å²) >= 11 is 0.